The third-order valence-corrected chi connectivity index (χ3v) is 7.37. The van der Waals surface area contributed by atoms with Gasteiger partial charge in [-0.3, -0.25) is 9.59 Å². The molecule has 0 spiro atoms. The Labute approximate surface area is 160 Å². The Balaban J connectivity index is 1.48. The number of rotatable bonds is 5. The minimum atomic E-state index is 0.205. The van der Waals surface area contributed by atoms with Crippen molar-refractivity contribution in [2.45, 2.75) is 97.3 Å². The molecule has 26 heavy (non-hydrogen) atoms. The summed E-state index contributed by atoms with van der Waals surface area (Å²) in [5.41, 5.74) is 1.03. The molecule has 4 unspecified atom stereocenters. The summed E-state index contributed by atoms with van der Waals surface area (Å²) in [5, 5.41) is 0. The van der Waals surface area contributed by atoms with E-state index in [4.69, 9.17) is 0 Å². The van der Waals surface area contributed by atoms with Crippen LogP contribution in [0, 0.1) is 29.6 Å². The molecule has 0 bridgehead atoms. The second-order valence-electron chi connectivity index (χ2n) is 9.65. The Bertz CT molecular complexity index is 522. The summed E-state index contributed by atoms with van der Waals surface area (Å²) in [6.45, 7) is 4.53. The molecule has 0 saturated heterocycles. The topological polar surface area (TPSA) is 34.1 Å². The Kier molecular flexibility index (Phi) is 7.12. The van der Waals surface area contributed by atoms with Crippen LogP contribution in [0.15, 0.2) is 11.6 Å². The van der Waals surface area contributed by atoms with E-state index < -0.39 is 0 Å². The standard InChI is InChI=1S/C24H38O2/c1-17-14-18(2)16-22(15-17)24(26)13-12-23(25)21-9-5-8-19-6-3-4-7-20(19)10-11-21/h9,17-20,22H,3-8,10-16H2,1-2H3. The molecule has 0 heterocycles. The molecule has 0 aliphatic heterocycles. The minimum absolute atomic E-state index is 0.205. The van der Waals surface area contributed by atoms with Gasteiger partial charge in [0.05, 0.1) is 0 Å². The molecule has 0 aromatic rings. The lowest BCUT2D eigenvalue weighted by atomic mass is 9.72. The van der Waals surface area contributed by atoms with Crippen molar-refractivity contribution < 1.29 is 9.59 Å². The number of fused-ring (bicyclic) bond motifs is 1. The second-order valence-corrected chi connectivity index (χ2v) is 9.65. The van der Waals surface area contributed by atoms with Crippen LogP contribution in [-0.2, 0) is 9.59 Å². The highest BCUT2D eigenvalue weighted by molar-refractivity contribution is 5.97. The molecule has 2 heteroatoms. The normalized spacial score (nSPS) is 35.6. The number of hydrogen-bond donors (Lipinski definition) is 0. The molecule has 4 atom stereocenters. The van der Waals surface area contributed by atoms with E-state index >= 15 is 0 Å². The third kappa shape index (κ3) is 5.30. The largest absolute Gasteiger partial charge is 0.299 e. The van der Waals surface area contributed by atoms with Crippen LogP contribution in [-0.4, -0.2) is 11.6 Å². The van der Waals surface area contributed by atoms with Gasteiger partial charge < -0.3 is 0 Å². The quantitative estimate of drug-likeness (QED) is 0.579. The molecular formula is C24H38O2. The Morgan fingerprint density at radius 2 is 1.54 bits per heavy atom. The fourth-order valence-electron chi connectivity index (χ4n) is 6.02. The number of hydrogen-bond acceptors (Lipinski definition) is 2. The lowest BCUT2D eigenvalue weighted by molar-refractivity contribution is -0.127. The summed E-state index contributed by atoms with van der Waals surface area (Å²) in [6, 6.07) is 0. The summed E-state index contributed by atoms with van der Waals surface area (Å²) in [5.74, 6) is 3.84. The Morgan fingerprint density at radius 3 is 2.23 bits per heavy atom. The first-order valence-corrected chi connectivity index (χ1v) is 11.3. The molecule has 3 aliphatic carbocycles. The van der Waals surface area contributed by atoms with Gasteiger partial charge in [-0.15, -0.1) is 0 Å². The van der Waals surface area contributed by atoms with E-state index in [2.05, 4.69) is 19.9 Å². The molecule has 0 N–H and O–H groups in total. The van der Waals surface area contributed by atoms with Gasteiger partial charge in [-0.2, -0.15) is 0 Å². The molecular weight excluding hydrogens is 320 g/mol. The zero-order valence-electron chi connectivity index (χ0n) is 17.0. The van der Waals surface area contributed by atoms with Gasteiger partial charge in [-0.1, -0.05) is 45.6 Å². The van der Waals surface area contributed by atoms with Crippen LogP contribution in [0.5, 0.6) is 0 Å². The van der Waals surface area contributed by atoms with Crippen molar-refractivity contribution in [3.05, 3.63) is 11.6 Å². The molecule has 2 nitrogen and oxygen atoms in total. The van der Waals surface area contributed by atoms with Gasteiger partial charge in [-0.05, 0) is 74.2 Å². The van der Waals surface area contributed by atoms with Crippen molar-refractivity contribution in [3.63, 3.8) is 0 Å². The van der Waals surface area contributed by atoms with Crippen LogP contribution in [0.1, 0.15) is 97.3 Å². The average molecular weight is 359 g/mol. The molecule has 0 amide bonds. The van der Waals surface area contributed by atoms with E-state index in [1.807, 2.05) is 0 Å². The van der Waals surface area contributed by atoms with Gasteiger partial charge in [0.1, 0.15) is 5.78 Å². The molecule has 3 aliphatic rings. The zero-order valence-corrected chi connectivity index (χ0v) is 17.0. The Hall–Kier alpha value is -0.920. The van der Waals surface area contributed by atoms with Crippen molar-refractivity contribution in [2.24, 2.45) is 29.6 Å². The van der Waals surface area contributed by atoms with Crippen LogP contribution in [0.4, 0.5) is 0 Å². The van der Waals surface area contributed by atoms with Crippen molar-refractivity contribution in [3.8, 4) is 0 Å². The smallest absolute Gasteiger partial charge is 0.158 e. The molecule has 2 fully saturated rings. The van der Waals surface area contributed by atoms with E-state index in [1.165, 1.54) is 44.9 Å². The lowest BCUT2D eigenvalue weighted by Crippen LogP contribution is -2.26. The predicted molar refractivity (Wildman–Crippen MR) is 107 cm³/mol. The highest BCUT2D eigenvalue weighted by atomic mass is 16.1. The van der Waals surface area contributed by atoms with Crippen LogP contribution in [0.25, 0.3) is 0 Å². The summed E-state index contributed by atoms with van der Waals surface area (Å²) in [6.07, 6.45) is 16.4. The van der Waals surface area contributed by atoms with E-state index in [0.29, 0.717) is 30.5 Å². The number of carbonyl (C=O) groups excluding carboxylic acids is 2. The molecule has 0 aromatic carbocycles. The van der Waals surface area contributed by atoms with Crippen molar-refractivity contribution in [1.82, 2.24) is 0 Å². The fourth-order valence-corrected chi connectivity index (χ4v) is 6.02. The minimum Gasteiger partial charge on any atom is -0.299 e. The third-order valence-electron chi connectivity index (χ3n) is 7.37. The fraction of sp³-hybridized carbons (Fsp3) is 0.833. The van der Waals surface area contributed by atoms with Gasteiger partial charge in [0.25, 0.3) is 0 Å². The first kappa shape index (κ1) is 19.8. The first-order valence-electron chi connectivity index (χ1n) is 11.3. The maximum absolute atomic E-state index is 12.7. The van der Waals surface area contributed by atoms with E-state index in [9.17, 15) is 9.59 Å². The highest BCUT2D eigenvalue weighted by Gasteiger charge is 2.30. The van der Waals surface area contributed by atoms with E-state index in [-0.39, 0.29) is 11.7 Å². The second kappa shape index (κ2) is 9.33. The predicted octanol–water partition coefficient (Wildman–Crippen LogP) is 6.28. The number of allylic oxidation sites excluding steroid dienone is 2. The summed E-state index contributed by atoms with van der Waals surface area (Å²) in [4.78, 5) is 25.3. The lowest BCUT2D eigenvalue weighted by Gasteiger charge is -2.33. The van der Waals surface area contributed by atoms with Crippen molar-refractivity contribution in [1.29, 1.82) is 0 Å². The van der Waals surface area contributed by atoms with Gasteiger partial charge in [0, 0.05) is 18.8 Å². The average Bonchev–Trinajstić information content (AvgIpc) is 2.59. The van der Waals surface area contributed by atoms with Gasteiger partial charge >= 0.3 is 0 Å². The van der Waals surface area contributed by atoms with Crippen LogP contribution < -0.4 is 0 Å². The summed E-state index contributed by atoms with van der Waals surface area (Å²) < 4.78 is 0. The first-order chi connectivity index (χ1) is 12.5. The maximum atomic E-state index is 12.7. The summed E-state index contributed by atoms with van der Waals surface area (Å²) >= 11 is 0. The summed E-state index contributed by atoms with van der Waals surface area (Å²) in [7, 11) is 0. The molecule has 146 valence electrons. The van der Waals surface area contributed by atoms with Gasteiger partial charge in [0.2, 0.25) is 0 Å². The Morgan fingerprint density at radius 1 is 0.885 bits per heavy atom. The number of carbonyl (C=O) groups is 2. The molecule has 0 aromatic heterocycles. The number of Topliss-reactive ketones (excluding diaryl/α,β-unsaturated/α-hetero) is 2. The van der Waals surface area contributed by atoms with Crippen molar-refractivity contribution in [2.75, 3.05) is 0 Å². The van der Waals surface area contributed by atoms with Crippen molar-refractivity contribution >= 4 is 11.6 Å². The SMILES string of the molecule is CC1CC(C)CC(C(=O)CCC(=O)C2=CCCC3CCCCC3CC2)C1. The monoisotopic (exact) mass is 358 g/mol. The molecule has 3 rings (SSSR count). The van der Waals surface area contributed by atoms with Gasteiger partial charge in [0.15, 0.2) is 5.78 Å². The van der Waals surface area contributed by atoms with E-state index in [1.54, 1.807) is 0 Å². The van der Waals surface area contributed by atoms with Crippen LogP contribution >= 0.6 is 0 Å². The highest BCUT2D eigenvalue weighted by Crippen LogP contribution is 2.39. The molecule has 0 radical (unpaired) electrons. The zero-order chi connectivity index (χ0) is 18.5. The van der Waals surface area contributed by atoms with Gasteiger partial charge in [-0.25, -0.2) is 0 Å². The molecule has 2 saturated carbocycles. The van der Waals surface area contributed by atoms with Crippen LogP contribution in [0.2, 0.25) is 0 Å². The van der Waals surface area contributed by atoms with Crippen LogP contribution in [0.3, 0.4) is 0 Å². The van der Waals surface area contributed by atoms with E-state index in [0.717, 1.165) is 43.1 Å². The maximum Gasteiger partial charge on any atom is 0.158 e. The number of ketones is 2.